The van der Waals surface area contributed by atoms with E-state index < -0.39 is 16.8 Å². The first-order valence-electron chi connectivity index (χ1n) is 8.82. The molecule has 0 saturated carbocycles. The molecule has 7 heteroatoms. The third-order valence-electron chi connectivity index (χ3n) is 4.21. The molecule has 0 fully saturated rings. The number of nitrogens with one attached hydrogen (secondary N) is 1. The monoisotopic (exact) mass is 380 g/mol. The zero-order chi connectivity index (χ0) is 19.9. The van der Waals surface area contributed by atoms with Crippen LogP contribution in [0.15, 0.2) is 71.1 Å². The van der Waals surface area contributed by atoms with E-state index in [0.717, 1.165) is 17.3 Å². The zero-order valence-corrected chi connectivity index (χ0v) is 15.3. The van der Waals surface area contributed by atoms with Gasteiger partial charge < -0.3 is 14.5 Å². The predicted molar refractivity (Wildman–Crippen MR) is 104 cm³/mol. The second kappa shape index (κ2) is 8.85. The Kier molecular flexibility index (Phi) is 6.06. The second-order valence-electron chi connectivity index (χ2n) is 6.29. The highest BCUT2D eigenvalue weighted by Crippen LogP contribution is 2.23. The van der Waals surface area contributed by atoms with Gasteiger partial charge in [0.1, 0.15) is 4.92 Å². The van der Waals surface area contributed by atoms with Gasteiger partial charge in [0.15, 0.2) is 0 Å². The molecule has 28 heavy (non-hydrogen) atoms. The summed E-state index contributed by atoms with van der Waals surface area (Å²) < 4.78 is 10.1. The van der Waals surface area contributed by atoms with E-state index in [4.69, 9.17) is 9.15 Å². The highest BCUT2D eigenvalue weighted by molar-refractivity contribution is 5.86. The number of esters is 1. The van der Waals surface area contributed by atoms with Crippen LogP contribution in [0.5, 0.6) is 0 Å². The zero-order valence-electron chi connectivity index (χ0n) is 15.3. The third-order valence-corrected chi connectivity index (χ3v) is 4.21. The van der Waals surface area contributed by atoms with Gasteiger partial charge in [-0.15, -0.1) is 0 Å². The Morgan fingerprint density at radius 3 is 2.46 bits per heavy atom. The fraction of sp³-hybridized carbons (Fsp3) is 0.190. The van der Waals surface area contributed by atoms with Gasteiger partial charge in [-0.3, -0.25) is 10.1 Å². The number of benzene rings is 2. The third kappa shape index (κ3) is 4.97. The van der Waals surface area contributed by atoms with Gasteiger partial charge in [0.05, 0.1) is 18.7 Å². The molecule has 0 aliphatic carbocycles. The summed E-state index contributed by atoms with van der Waals surface area (Å²) in [5, 5.41) is 14.1. The average molecular weight is 380 g/mol. The standard InChI is InChI=1S/C21H20N2O5/c1-15-7-9-17(10-8-15)22-18(16-5-3-2-4-6-16)13-14-27-21(24)19-11-12-20(28-19)23(25)26/h2-12,18,22H,13-14H2,1H3/t18-/m1/s1. The van der Waals surface area contributed by atoms with Gasteiger partial charge in [-0.1, -0.05) is 48.0 Å². The summed E-state index contributed by atoms with van der Waals surface area (Å²) in [5.41, 5.74) is 3.20. The minimum atomic E-state index is -0.727. The Bertz CT molecular complexity index is 935. The molecule has 0 aliphatic heterocycles. The van der Waals surface area contributed by atoms with E-state index >= 15 is 0 Å². The quantitative estimate of drug-likeness (QED) is 0.339. The minimum Gasteiger partial charge on any atom is -0.460 e. The van der Waals surface area contributed by atoms with Crippen LogP contribution in [0.1, 0.15) is 34.1 Å². The lowest BCUT2D eigenvalue weighted by molar-refractivity contribution is -0.402. The van der Waals surface area contributed by atoms with Crippen molar-refractivity contribution in [2.45, 2.75) is 19.4 Å². The molecule has 3 rings (SSSR count). The molecule has 0 spiro atoms. The van der Waals surface area contributed by atoms with Gasteiger partial charge in [-0.25, -0.2) is 4.79 Å². The molecule has 2 aromatic carbocycles. The van der Waals surface area contributed by atoms with Crippen molar-refractivity contribution >= 4 is 17.5 Å². The Balaban J connectivity index is 1.63. The van der Waals surface area contributed by atoms with E-state index in [1.807, 2.05) is 61.5 Å². The van der Waals surface area contributed by atoms with Gasteiger partial charge in [-0.2, -0.15) is 0 Å². The fourth-order valence-corrected chi connectivity index (χ4v) is 2.73. The van der Waals surface area contributed by atoms with Gasteiger partial charge in [0, 0.05) is 12.1 Å². The number of carbonyl (C=O) groups is 1. The molecule has 0 saturated heterocycles. The maximum absolute atomic E-state index is 12.0. The van der Waals surface area contributed by atoms with E-state index in [9.17, 15) is 14.9 Å². The van der Waals surface area contributed by atoms with Crippen LogP contribution in [-0.2, 0) is 4.74 Å². The van der Waals surface area contributed by atoms with Crippen molar-refractivity contribution in [1.29, 1.82) is 0 Å². The van der Waals surface area contributed by atoms with Crippen molar-refractivity contribution in [2.24, 2.45) is 0 Å². The Hall–Kier alpha value is -3.61. The lowest BCUT2D eigenvalue weighted by Gasteiger charge is -2.20. The number of nitro groups is 1. The number of rotatable bonds is 8. The average Bonchev–Trinajstić information content (AvgIpc) is 3.20. The second-order valence-corrected chi connectivity index (χ2v) is 6.29. The van der Waals surface area contributed by atoms with E-state index in [0.29, 0.717) is 6.42 Å². The summed E-state index contributed by atoms with van der Waals surface area (Å²) in [6.45, 7) is 2.16. The first-order valence-corrected chi connectivity index (χ1v) is 8.82. The Morgan fingerprint density at radius 1 is 1.11 bits per heavy atom. The first kappa shape index (κ1) is 19.2. The lowest BCUT2D eigenvalue weighted by Crippen LogP contribution is -2.15. The van der Waals surface area contributed by atoms with Gasteiger partial charge in [0.2, 0.25) is 5.76 Å². The largest absolute Gasteiger partial charge is 0.460 e. The molecule has 144 valence electrons. The van der Waals surface area contributed by atoms with E-state index in [-0.39, 0.29) is 18.4 Å². The van der Waals surface area contributed by atoms with E-state index in [1.165, 1.54) is 11.6 Å². The first-order chi connectivity index (χ1) is 13.5. The lowest BCUT2D eigenvalue weighted by atomic mass is 10.0. The maximum Gasteiger partial charge on any atom is 0.433 e. The molecule has 3 aromatic rings. The van der Waals surface area contributed by atoms with Crippen LogP contribution in [0.25, 0.3) is 0 Å². The topological polar surface area (TPSA) is 94.6 Å². The van der Waals surface area contributed by atoms with Crippen molar-refractivity contribution in [3.05, 3.63) is 93.7 Å². The predicted octanol–water partition coefficient (Wildman–Crippen LogP) is 4.90. The molecule has 1 aromatic heterocycles. The minimum absolute atomic E-state index is 0.0670. The number of aryl methyl sites for hydroxylation is 1. The van der Waals surface area contributed by atoms with Crippen molar-refractivity contribution in [3.8, 4) is 0 Å². The highest BCUT2D eigenvalue weighted by Gasteiger charge is 2.19. The van der Waals surface area contributed by atoms with Crippen LogP contribution >= 0.6 is 0 Å². The molecule has 1 heterocycles. The van der Waals surface area contributed by atoms with Gasteiger partial charge in [0.25, 0.3) is 0 Å². The van der Waals surface area contributed by atoms with Crippen LogP contribution in [0.4, 0.5) is 11.6 Å². The van der Waals surface area contributed by atoms with Crippen molar-refractivity contribution in [3.63, 3.8) is 0 Å². The summed E-state index contributed by atoms with van der Waals surface area (Å²) in [7, 11) is 0. The Morgan fingerprint density at radius 2 is 1.82 bits per heavy atom. The highest BCUT2D eigenvalue weighted by atomic mass is 16.7. The van der Waals surface area contributed by atoms with Crippen molar-refractivity contribution < 1.29 is 18.9 Å². The molecule has 0 aliphatic rings. The molecule has 1 N–H and O–H groups in total. The molecular formula is C21H20N2O5. The van der Waals surface area contributed by atoms with E-state index in [1.54, 1.807) is 0 Å². The molecular weight excluding hydrogens is 360 g/mol. The Labute approximate surface area is 162 Å². The van der Waals surface area contributed by atoms with Gasteiger partial charge in [-0.05, 0) is 30.7 Å². The summed E-state index contributed by atoms with van der Waals surface area (Å²) >= 11 is 0. The number of furan rings is 1. The van der Waals surface area contributed by atoms with Crippen LogP contribution < -0.4 is 5.32 Å². The number of nitrogens with zero attached hydrogens (tertiary/aromatic N) is 1. The van der Waals surface area contributed by atoms with Crippen LogP contribution in [-0.4, -0.2) is 17.5 Å². The SMILES string of the molecule is Cc1ccc(N[C@H](CCOC(=O)c2ccc([N+](=O)[O-])o2)c2ccccc2)cc1. The van der Waals surface area contributed by atoms with Gasteiger partial charge >= 0.3 is 11.9 Å². The van der Waals surface area contributed by atoms with Crippen LogP contribution in [0.2, 0.25) is 0 Å². The van der Waals surface area contributed by atoms with Crippen LogP contribution in [0, 0.1) is 17.0 Å². The summed E-state index contributed by atoms with van der Waals surface area (Å²) in [4.78, 5) is 22.0. The normalized spacial score (nSPS) is 11.6. The summed E-state index contributed by atoms with van der Waals surface area (Å²) in [6.07, 6.45) is 0.520. The molecule has 1 atom stereocenters. The molecule has 0 amide bonds. The number of hydrogen-bond donors (Lipinski definition) is 1. The summed E-state index contributed by atoms with van der Waals surface area (Å²) in [6, 6.07) is 20.2. The number of carbonyl (C=O) groups excluding carboxylic acids is 1. The summed E-state index contributed by atoms with van der Waals surface area (Å²) in [5.74, 6) is -1.40. The molecule has 0 unspecified atom stereocenters. The van der Waals surface area contributed by atoms with Crippen molar-refractivity contribution in [1.82, 2.24) is 0 Å². The maximum atomic E-state index is 12.0. The fourth-order valence-electron chi connectivity index (χ4n) is 2.73. The number of hydrogen-bond acceptors (Lipinski definition) is 6. The molecule has 7 nitrogen and oxygen atoms in total. The molecule has 0 radical (unpaired) electrons. The van der Waals surface area contributed by atoms with E-state index in [2.05, 4.69) is 5.32 Å². The van der Waals surface area contributed by atoms with Crippen molar-refractivity contribution in [2.75, 3.05) is 11.9 Å². The smallest absolute Gasteiger partial charge is 0.433 e. The number of ether oxygens (including phenoxy) is 1. The van der Waals surface area contributed by atoms with Crippen LogP contribution in [0.3, 0.4) is 0 Å². The number of anilines is 1. The molecule has 0 bridgehead atoms.